The van der Waals surface area contributed by atoms with E-state index in [9.17, 15) is 9.59 Å². The van der Waals surface area contributed by atoms with Crippen LogP contribution in [0.4, 0.5) is 5.69 Å². The van der Waals surface area contributed by atoms with E-state index in [1.807, 2.05) is 0 Å². The van der Waals surface area contributed by atoms with E-state index in [-0.39, 0.29) is 27.2 Å². The fourth-order valence-electron chi connectivity index (χ4n) is 1.20. The summed E-state index contributed by atoms with van der Waals surface area (Å²) in [6, 6.07) is 2.47. The van der Waals surface area contributed by atoms with Crippen LogP contribution in [-0.4, -0.2) is 29.6 Å². The van der Waals surface area contributed by atoms with Crippen LogP contribution in [0.5, 0.6) is 0 Å². The summed E-state index contributed by atoms with van der Waals surface area (Å²) in [4.78, 5) is 22.8. The van der Waals surface area contributed by atoms with Gasteiger partial charge in [-0.3, -0.25) is 4.79 Å². The van der Waals surface area contributed by atoms with Crippen LogP contribution in [-0.2, 0) is 4.79 Å². The molecule has 0 atom stereocenters. The fourth-order valence-corrected chi connectivity index (χ4v) is 1.78. The lowest BCUT2D eigenvalue weighted by Crippen LogP contribution is -2.48. The molecule has 0 fully saturated rings. The maximum atomic E-state index is 12.0. The fraction of sp³-hybridized carbons (Fsp3) is 0.333. The molecule has 0 aliphatic rings. The number of anilines is 1. The van der Waals surface area contributed by atoms with E-state index in [1.54, 1.807) is 20.9 Å². The molecule has 1 aromatic rings. The number of likely N-dealkylation sites (N-methyl/N-ethyl adjacent to an activating group) is 1. The highest BCUT2D eigenvalue weighted by atomic mass is 35.5. The molecule has 0 saturated carbocycles. The van der Waals surface area contributed by atoms with Gasteiger partial charge in [-0.2, -0.15) is 0 Å². The Bertz CT molecular complexity index is 507. The van der Waals surface area contributed by atoms with Crippen LogP contribution in [0.15, 0.2) is 12.1 Å². The maximum absolute atomic E-state index is 12.0. The minimum absolute atomic E-state index is 0.0409. The molecule has 0 aliphatic carbocycles. The number of hydrogen-bond donors (Lipinski definition) is 3. The van der Waals surface area contributed by atoms with Crippen LogP contribution < -0.4 is 10.6 Å². The van der Waals surface area contributed by atoms with Crippen molar-refractivity contribution in [1.82, 2.24) is 5.32 Å². The van der Waals surface area contributed by atoms with Crippen LogP contribution in [0.1, 0.15) is 24.2 Å². The first-order chi connectivity index (χ1) is 8.69. The second kappa shape index (κ2) is 5.77. The van der Waals surface area contributed by atoms with Crippen molar-refractivity contribution in [2.45, 2.75) is 19.4 Å². The third-order valence-electron chi connectivity index (χ3n) is 2.72. The second-order valence-corrected chi connectivity index (χ2v) is 5.26. The molecule has 0 spiro atoms. The zero-order valence-electron chi connectivity index (χ0n) is 10.7. The van der Waals surface area contributed by atoms with Crippen molar-refractivity contribution in [3.05, 3.63) is 27.7 Å². The first-order valence-corrected chi connectivity index (χ1v) is 6.17. The number of benzene rings is 1. The monoisotopic (exact) mass is 304 g/mol. The molecule has 0 bridgehead atoms. The highest BCUT2D eigenvalue weighted by Crippen LogP contribution is 2.32. The summed E-state index contributed by atoms with van der Waals surface area (Å²) in [5.74, 6) is -1.47. The van der Waals surface area contributed by atoms with Crippen molar-refractivity contribution in [2.75, 3.05) is 12.4 Å². The lowest BCUT2D eigenvalue weighted by molar-refractivity contribution is -0.121. The van der Waals surface area contributed by atoms with E-state index >= 15 is 0 Å². The Morgan fingerprint density at radius 3 is 2.05 bits per heavy atom. The molecule has 19 heavy (non-hydrogen) atoms. The molecular weight excluding hydrogens is 291 g/mol. The molecule has 3 N–H and O–H groups in total. The minimum atomic E-state index is -1.14. The quantitative estimate of drug-likeness (QED) is 0.799. The van der Waals surface area contributed by atoms with Crippen LogP contribution in [0, 0.1) is 0 Å². The van der Waals surface area contributed by atoms with Gasteiger partial charge in [0.1, 0.15) is 0 Å². The number of carbonyl (C=O) groups excluding carboxylic acids is 1. The number of amides is 1. The SMILES string of the molecule is CNC(C)(C)C(=O)Nc1c(Cl)cc(C(=O)O)cc1Cl. The number of rotatable bonds is 4. The van der Waals surface area contributed by atoms with Crippen LogP contribution in [0.3, 0.4) is 0 Å². The Hall–Kier alpha value is -1.30. The molecular formula is C12H14Cl2N2O3. The van der Waals surface area contributed by atoms with Crippen molar-refractivity contribution in [3.63, 3.8) is 0 Å². The Labute approximate surface area is 120 Å². The van der Waals surface area contributed by atoms with E-state index in [4.69, 9.17) is 28.3 Å². The molecule has 5 nitrogen and oxygen atoms in total. The Balaban J connectivity index is 3.10. The van der Waals surface area contributed by atoms with Gasteiger partial charge in [-0.05, 0) is 33.0 Å². The third kappa shape index (κ3) is 3.59. The van der Waals surface area contributed by atoms with Crippen LogP contribution in [0.25, 0.3) is 0 Å². The van der Waals surface area contributed by atoms with E-state index < -0.39 is 11.5 Å². The first kappa shape index (κ1) is 15.8. The van der Waals surface area contributed by atoms with Gasteiger partial charge in [0.05, 0.1) is 26.8 Å². The smallest absolute Gasteiger partial charge is 0.335 e. The maximum Gasteiger partial charge on any atom is 0.335 e. The number of hydrogen-bond acceptors (Lipinski definition) is 3. The summed E-state index contributed by atoms with van der Waals surface area (Å²) in [5, 5.41) is 14.4. The summed E-state index contributed by atoms with van der Waals surface area (Å²) < 4.78 is 0. The molecule has 0 heterocycles. The zero-order valence-corrected chi connectivity index (χ0v) is 12.2. The summed E-state index contributed by atoms with van der Waals surface area (Å²) in [6.45, 7) is 3.38. The average Bonchev–Trinajstić information content (AvgIpc) is 2.32. The molecule has 7 heteroatoms. The predicted octanol–water partition coefficient (Wildman–Crippen LogP) is 2.63. The summed E-state index contributed by atoms with van der Waals surface area (Å²) in [5.41, 5.74) is -0.652. The van der Waals surface area contributed by atoms with Gasteiger partial charge in [-0.15, -0.1) is 0 Å². The standard InChI is InChI=1S/C12H14Cl2N2O3/c1-12(2,15-3)11(19)16-9-7(13)4-6(10(17)18)5-8(9)14/h4-5,15H,1-3H3,(H,16,19)(H,17,18). The molecule has 0 aromatic heterocycles. The van der Waals surface area contributed by atoms with E-state index in [1.165, 1.54) is 12.1 Å². The Kier molecular flexibility index (Phi) is 4.79. The average molecular weight is 305 g/mol. The zero-order chi connectivity index (χ0) is 14.8. The van der Waals surface area contributed by atoms with Gasteiger partial charge in [0.15, 0.2) is 0 Å². The van der Waals surface area contributed by atoms with Gasteiger partial charge < -0.3 is 15.7 Å². The molecule has 0 saturated heterocycles. The third-order valence-corrected chi connectivity index (χ3v) is 3.32. The van der Waals surface area contributed by atoms with Crippen molar-refractivity contribution < 1.29 is 14.7 Å². The van der Waals surface area contributed by atoms with E-state index in [0.29, 0.717) is 0 Å². The topological polar surface area (TPSA) is 78.4 Å². The Morgan fingerprint density at radius 2 is 1.68 bits per heavy atom. The van der Waals surface area contributed by atoms with Crippen molar-refractivity contribution in [2.24, 2.45) is 0 Å². The normalized spacial score (nSPS) is 11.2. The lowest BCUT2D eigenvalue weighted by atomic mass is 10.0. The molecule has 1 amide bonds. The highest BCUT2D eigenvalue weighted by molar-refractivity contribution is 6.40. The first-order valence-electron chi connectivity index (χ1n) is 5.41. The summed E-state index contributed by atoms with van der Waals surface area (Å²) in [6.07, 6.45) is 0. The van der Waals surface area contributed by atoms with Crippen LogP contribution >= 0.6 is 23.2 Å². The van der Waals surface area contributed by atoms with E-state index in [2.05, 4.69) is 10.6 Å². The number of nitrogens with one attached hydrogen (secondary N) is 2. The highest BCUT2D eigenvalue weighted by Gasteiger charge is 2.26. The molecule has 0 radical (unpaired) electrons. The number of carboxylic acid groups (broad SMARTS) is 1. The predicted molar refractivity (Wildman–Crippen MR) is 75.2 cm³/mol. The summed E-state index contributed by atoms with van der Waals surface area (Å²) >= 11 is 11.9. The van der Waals surface area contributed by atoms with Crippen molar-refractivity contribution in [3.8, 4) is 0 Å². The number of carbonyl (C=O) groups is 2. The second-order valence-electron chi connectivity index (χ2n) is 4.45. The molecule has 1 aromatic carbocycles. The number of halogens is 2. The van der Waals surface area contributed by atoms with Gasteiger partial charge in [0, 0.05) is 0 Å². The van der Waals surface area contributed by atoms with Crippen LogP contribution in [0.2, 0.25) is 10.0 Å². The number of aromatic carboxylic acids is 1. The van der Waals surface area contributed by atoms with Crippen molar-refractivity contribution in [1.29, 1.82) is 0 Å². The van der Waals surface area contributed by atoms with Gasteiger partial charge in [-0.25, -0.2) is 4.79 Å². The number of carboxylic acids is 1. The van der Waals surface area contributed by atoms with Crippen molar-refractivity contribution >= 4 is 40.8 Å². The van der Waals surface area contributed by atoms with E-state index in [0.717, 1.165) is 0 Å². The Morgan fingerprint density at radius 1 is 1.21 bits per heavy atom. The molecule has 104 valence electrons. The lowest BCUT2D eigenvalue weighted by Gasteiger charge is -2.23. The van der Waals surface area contributed by atoms with Gasteiger partial charge in [0.25, 0.3) is 0 Å². The molecule has 0 aliphatic heterocycles. The van der Waals surface area contributed by atoms with Gasteiger partial charge in [-0.1, -0.05) is 23.2 Å². The largest absolute Gasteiger partial charge is 0.478 e. The minimum Gasteiger partial charge on any atom is -0.478 e. The van der Waals surface area contributed by atoms with Gasteiger partial charge in [0.2, 0.25) is 5.91 Å². The van der Waals surface area contributed by atoms with Gasteiger partial charge >= 0.3 is 5.97 Å². The molecule has 1 rings (SSSR count). The summed E-state index contributed by atoms with van der Waals surface area (Å²) in [7, 11) is 1.65. The molecule has 0 unspecified atom stereocenters.